The third kappa shape index (κ3) is 4.94. The van der Waals surface area contributed by atoms with E-state index < -0.39 is 11.8 Å². The Morgan fingerprint density at radius 3 is 2.73 bits per heavy atom. The number of aromatic hydroxyl groups is 1. The number of phenols is 1. The van der Waals surface area contributed by atoms with Crippen LogP contribution in [0.2, 0.25) is 5.02 Å². The van der Waals surface area contributed by atoms with Gasteiger partial charge in [0.15, 0.2) is 0 Å². The molecule has 0 radical (unpaired) electrons. The van der Waals surface area contributed by atoms with Crippen molar-refractivity contribution in [1.29, 1.82) is 0 Å². The minimum absolute atomic E-state index is 0.0455. The van der Waals surface area contributed by atoms with Crippen molar-refractivity contribution in [2.24, 2.45) is 5.10 Å². The average Bonchev–Trinajstić information content (AvgIpc) is 2.61. The summed E-state index contributed by atoms with van der Waals surface area (Å²) in [5.41, 5.74) is 4.47. The molecule has 7 heteroatoms. The van der Waals surface area contributed by atoms with E-state index >= 15 is 0 Å². The number of nitrogens with zero attached hydrogens (tertiary/aromatic N) is 1. The number of phenolic OH excluding ortho intramolecular Hbond substituents is 1. The van der Waals surface area contributed by atoms with Crippen LogP contribution >= 0.6 is 11.6 Å². The second kappa shape index (κ2) is 8.82. The summed E-state index contributed by atoms with van der Waals surface area (Å²) in [7, 11) is 0. The maximum absolute atomic E-state index is 11.9. The second-order valence-corrected chi connectivity index (χ2v) is 5.87. The number of rotatable bonds is 5. The van der Waals surface area contributed by atoms with E-state index in [0.717, 1.165) is 5.56 Å². The number of hydrogen-bond donors (Lipinski definition) is 3. The first kappa shape index (κ1) is 19.2. The van der Waals surface area contributed by atoms with Gasteiger partial charge in [0.2, 0.25) is 0 Å². The summed E-state index contributed by atoms with van der Waals surface area (Å²) in [4.78, 5) is 23.7. The number of anilines is 1. The molecule has 0 aromatic heterocycles. The highest BCUT2D eigenvalue weighted by atomic mass is 35.5. The molecular formula is C19H18ClN3O3. The highest BCUT2D eigenvalue weighted by Crippen LogP contribution is 2.21. The van der Waals surface area contributed by atoms with Gasteiger partial charge in [-0.05, 0) is 42.7 Å². The number of halogens is 1. The molecular weight excluding hydrogens is 354 g/mol. The van der Waals surface area contributed by atoms with Gasteiger partial charge < -0.3 is 10.4 Å². The van der Waals surface area contributed by atoms with Crippen LogP contribution in [0.25, 0.3) is 0 Å². The van der Waals surface area contributed by atoms with Gasteiger partial charge in [-0.1, -0.05) is 35.9 Å². The highest BCUT2D eigenvalue weighted by Gasteiger charge is 2.13. The maximum Gasteiger partial charge on any atom is 0.329 e. The maximum atomic E-state index is 11.9. The number of carbonyl (C=O) groups is 2. The van der Waals surface area contributed by atoms with Crippen molar-refractivity contribution in [3.8, 4) is 5.75 Å². The largest absolute Gasteiger partial charge is 0.507 e. The van der Waals surface area contributed by atoms with Crippen LogP contribution < -0.4 is 10.7 Å². The SMILES string of the molecule is C=CCc1cccc(/C=N/NC(=O)C(=O)Nc2ccc(C)c(Cl)c2)c1O. The molecule has 6 nitrogen and oxygen atoms in total. The monoisotopic (exact) mass is 371 g/mol. The molecule has 0 saturated heterocycles. The number of nitrogens with one attached hydrogen (secondary N) is 2. The number of hydrogen-bond acceptors (Lipinski definition) is 4. The summed E-state index contributed by atoms with van der Waals surface area (Å²) in [6.45, 7) is 5.45. The predicted molar refractivity (Wildman–Crippen MR) is 103 cm³/mol. The third-order valence-corrected chi connectivity index (χ3v) is 3.93. The molecule has 0 atom stereocenters. The quantitative estimate of drug-likeness (QED) is 0.326. The van der Waals surface area contributed by atoms with E-state index in [1.807, 2.05) is 6.92 Å². The number of amides is 2. The first-order valence-electron chi connectivity index (χ1n) is 7.74. The van der Waals surface area contributed by atoms with Crippen LogP contribution in [0.15, 0.2) is 54.2 Å². The van der Waals surface area contributed by atoms with E-state index in [1.54, 1.807) is 42.5 Å². The molecule has 0 heterocycles. The van der Waals surface area contributed by atoms with Gasteiger partial charge in [-0.2, -0.15) is 5.10 Å². The number of para-hydroxylation sites is 1. The number of hydrazone groups is 1. The van der Waals surface area contributed by atoms with E-state index in [9.17, 15) is 14.7 Å². The Morgan fingerprint density at radius 1 is 1.27 bits per heavy atom. The second-order valence-electron chi connectivity index (χ2n) is 5.46. The van der Waals surface area contributed by atoms with Gasteiger partial charge in [-0.15, -0.1) is 6.58 Å². The van der Waals surface area contributed by atoms with Crippen molar-refractivity contribution in [2.45, 2.75) is 13.3 Å². The lowest BCUT2D eigenvalue weighted by atomic mass is 10.1. The molecule has 2 aromatic carbocycles. The van der Waals surface area contributed by atoms with Gasteiger partial charge in [0.25, 0.3) is 0 Å². The van der Waals surface area contributed by atoms with E-state index in [0.29, 0.717) is 28.3 Å². The smallest absolute Gasteiger partial charge is 0.329 e. The fourth-order valence-corrected chi connectivity index (χ4v) is 2.29. The fourth-order valence-electron chi connectivity index (χ4n) is 2.11. The zero-order valence-corrected chi connectivity index (χ0v) is 14.9. The van der Waals surface area contributed by atoms with E-state index in [1.165, 1.54) is 6.21 Å². The van der Waals surface area contributed by atoms with Gasteiger partial charge in [-0.25, -0.2) is 5.43 Å². The van der Waals surface area contributed by atoms with Crippen molar-refractivity contribution in [1.82, 2.24) is 5.43 Å². The summed E-state index contributed by atoms with van der Waals surface area (Å²) >= 11 is 5.97. The molecule has 0 fully saturated rings. The fraction of sp³-hybridized carbons (Fsp3) is 0.105. The van der Waals surface area contributed by atoms with Gasteiger partial charge in [-0.3, -0.25) is 9.59 Å². The Kier molecular flexibility index (Phi) is 6.52. The van der Waals surface area contributed by atoms with Crippen LogP contribution in [0.3, 0.4) is 0 Å². The Morgan fingerprint density at radius 2 is 2.04 bits per heavy atom. The van der Waals surface area contributed by atoms with Gasteiger partial charge in [0.1, 0.15) is 5.75 Å². The van der Waals surface area contributed by atoms with Crippen molar-refractivity contribution in [2.75, 3.05) is 5.32 Å². The van der Waals surface area contributed by atoms with Crippen LogP contribution in [-0.4, -0.2) is 23.1 Å². The van der Waals surface area contributed by atoms with E-state index in [4.69, 9.17) is 11.6 Å². The predicted octanol–water partition coefficient (Wildman–Crippen LogP) is 3.17. The van der Waals surface area contributed by atoms with E-state index in [-0.39, 0.29) is 5.75 Å². The lowest BCUT2D eigenvalue weighted by molar-refractivity contribution is -0.136. The molecule has 0 aliphatic carbocycles. The zero-order chi connectivity index (χ0) is 19.1. The van der Waals surface area contributed by atoms with Crippen molar-refractivity contribution < 1.29 is 14.7 Å². The Labute approximate surface area is 156 Å². The van der Waals surface area contributed by atoms with E-state index in [2.05, 4.69) is 22.4 Å². The summed E-state index contributed by atoms with van der Waals surface area (Å²) in [6, 6.07) is 10.1. The third-order valence-electron chi connectivity index (χ3n) is 3.52. The molecule has 2 amide bonds. The molecule has 26 heavy (non-hydrogen) atoms. The first-order chi connectivity index (χ1) is 12.4. The number of aryl methyl sites for hydroxylation is 1. The normalized spacial score (nSPS) is 10.5. The van der Waals surface area contributed by atoms with Gasteiger partial charge >= 0.3 is 11.8 Å². The topological polar surface area (TPSA) is 90.8 Å². The average molecular weight is 372 g/mol. The molecule has 0 unspecified atom stereocenters. The lowest BCUT2D eigenvalue weighted by Gasteiger charge is -2.06. The van der Waals surface area contributed by atoms with Crippen LogP contribution in [-0.2, 0) is 16.0 Å². The molecule has 0 aliphatic rings. The number of carbonyl (C=O) groups excluding carboxylic acids is 2. The van der Waals surface area contributed by atoms with Crippen molar-refractivity contribution in [3.05, 3.63) is 70.8 Å². The van der Waals surface area contributed by atoms with Crippen molar-refractivity contribution >= 4 is 35.3 Å². The zero-order valence-electron chi connectivity index (χ0n) is 14.1. The molecule has 0 spiro atoms. The number of benzene rings is 2. The van der Waals surface area contributed by atoms with Crippen molar-refractivity contribution in [3.63, 3.8) is 0 Å². The molecule has 3 N–H and O–H groups in total. The van der Waals surface area contributed by atoms with Crippen LogP contribution in [0.1, 0.15) is 16.7 Å². The van der Waals surface area contributed by atoms with Gasteiger partial charge in [0.05, 0.1) is 6.21 Å². The number of allylic oxidation sites excluding steroid dienone is 1. The minimum atomic E-state index is -0.945. The molecule has 0 saturated carbocycles. The summed E-state index contributed by atoms with van der Waals surface area (Å²) in [5.74, 6) is -1.78. The van der Waals surface area contributed by atoms with Gasteiger partial charge in [0, 0.05) is 16.3 Å². The molecule has 0 bridgehead atoms. The molecule has 134 valence electrons. The molecule has 2 rings (SSSR count). The minimum Gasteiger partial charge on any atom is -0.507 e. The Bertz CT molecular complexity index is 878. The Balaban J connectivity index is 1.98. The summed E-state index contributed by atoms with van der Waals surface area (Å²) in [6.07, 6.45) is 3.43. The molecule has 0 aliphatic heterocycles. The van der Waals surface area contributed by atoms with Crippen LogP contribution in [0, 0.1) is 6.92 Å². The first-order valence-corrected chi connectivity index (χ1v) is 8.12. The summed E-state index contributed by atoms with van der Waals surface area (Å²) < 4.78 is 0. The highest BCUT2D eigenvalue weighted by molar-refractivity contribution is 6.39. The van der Waals surface area contributed by atoms with Crippen LogP contribution in [0.5, 0.6) is 5.75 Å². The van der Waals surface area contributed by atoms with Crippen LogP contribution in [0.4, 0.5) is 5.69 Å². The summed E-state index contributed by atoms with van der Waals surface area (Å²) in [5, 5.41) is 16.7. The Hall–Kier alpha value is -3.12. The standard InChI is InChI=1S/C19H18ClN3O3/c1-3-5-13-6-4-7-14(17(13)24)11-21-23-19(26)18(25)22-15-9-8-12(2)16(20)10-15/h3-4,6-11,24H,1,5H2,2H3,(H,22,25)(H,23,26)/b21-11+. The molecule has 2 aromatic rings. The lowest BCUT2D eigenvalue weighted by Crippen LogP contribution is -2.32.